The summed E-state index contributed by atoms with van der Waals surface area (Å²) in [6.45, 7) is 3.77. The molecule has 1 N–H and O–H groups in total. The predicted molar refractivity (Wildman–Crippen MR) is 66.8 cm³/mol. The average molecular weight is 242 g/mol. The van der Waals surface area contributed by atoms with Crippen molar-refractivity contribution in [2.24, 2.45) is 0 Å². The van der Waals surface area contributed by atoms with Gasteiger partial charge in [-0.3, -0.25) is 0 Å². The van der Waals surface area contributed by atoms with Crippen molar-refractivity contribution in [2.45, 2.75) is 38.0 Å². The van der Waals surface area contributed by atoms with Gasteiger partial charge in [0.15, 0.2) is 0 Å². The predicted octanol–water partition coefficient (Wildman–Crippen LogP) is 2.57. The second-order valence-corrected chi connectivity index (χ2v) is 4.76. The molecule has 0 unspecified atom stereocenters. The Kier molecular flexibility index (Phi) is 4.67. The quantitative estimate of drug-likeness (QED) is 0.804. The van der Waals surface area contributed by atoms with Crippen molar-refractivity contribution < 1.29 is 0 Å². The number of piperidine rings is 1. The van der Waals surface area contributed by atoms with E-state index >= 15 is 0 Å². The first-order valence-corrected chi connectivity index (χ1v) is 6.73. The summed E-state index contributed by atoms with van der Waals surface area (Å²) in [4.78, 5) is 10.1. The number of hydrogen-bond acceptors (Lipinski definition) is 2. The van der Waals surface area contributed by atoms with Crippen LogP contribution in [0.3, 0.4) is 0 Å². The molecule has 0 aliphatic carbocycles. The molecule has 2 heterocycles. The summed E-state index contributed by atoms with van der Waals surface area (Å²) < 4.78 is 0. The van der Waals surface area contributed by atoms with Crippen LogP contribution in [0, 0.1) is 0 Å². The number of likely N-dealkylation sites (tertiary alicyclic amines) is 1. The van der Waals surface area contributed by atoms with E-state index in [4.69, 9.17) is 11.6 Å². The van der Waals surface area contributed by atoms with Gasteiger partial charge in [-0.25, -0.2) is 4.98 Å². The zero-order valence-corrected chi connectivity index (χ0v) is 10.5. The summed E-state index contributed by atoms with van der Waals surface area (Å²) in [7, 11) is 0. The topological polar surface area (TPSA) is 31.9 Å². The second kappa shape index (κ2) is 6.26. The largest absolute Gasteiger partial charge is 0.345 e. The Hall–Kier alpha value is -0.540. The number of aromatic amines is 1. The van der Waals surface area contributed by atoms with E-state index in [0.717, 1.165) is 17.9 Å². The van der Waals surface area contributed by atoms with Gasteiger partial charge in [0, 0.05) is 18.3 Å². The molecule has 1 aliphatic heterocycles. The highest BCUT2D eigenvalue weighted by Gasteiger charge is 2.09. The SMILES string of the molecule is ClCc1cnc(CCCN2CCCCC2)[nH]1. The van der Waals surface area contributed by atoms with Gasteiger partial charge in [0.25, 0.3) is 0 Å². The van der Waals surface area contributed by atoms with Crippen molar-refractivity contribution in [2.75, 3.05) is 19.6 Å². The van der Waals surface area contributed by atoms with Crippen molar-refractivity contribution in [3.8, 4) is 0 Å². The van der Waals surface area contributed by atoms with Gasteiger partial charge in [0.05, 0.1) is 5.88 Å². The molecule has 0 bridgehead atoms. The monoisotopic (exact) mass is 241 g/mol. The van der Waals surface area contributed by atoms with Crippen molar-refractivity contribution >= 4 is 11.6 Å². The molecule has 1 aromatic heterocycles. The number of nitrogens with one attached hydrogen (secondary N) is 1. The van der Waals surface area contributed by atoms with E-state index in [9.17, 15) is 0 Å². The summed E-state index contributed by atoms with van der Waals surface area (Å²) in [5.41, 5.74) is 1.02. The van der Waals surface area contributed by atoms with Gasteiger partial charge in [-0.05, 0) is 38.9 Å². The van der Waals surface area contributed by atoms with E-state index in [1.54, 1.807) is 0 Å². The van der Waals surface area contributed by atoms with E-state index in [1.165, 1.54) is 45.3 Å². The lowest BCUT2D eigenvalue weighted by Crippen LogP contribution is -2.30. The number of H-pyrrole nitrogens is 1. The lowest BCUT2D eigenvalue weighted by molar-refractivity contribution is 0.226. The second-order valence-electron chi connectivity index (χ2n) is 4.49. The number of hydrogen-bond donors (Lipinski definition) is 1. The third-order valence-electron chi connectivity index (χ3n) is 3.16. The summed E-state index contributed by atoms with van der Waals surface area (Å²) in [5.74, 6) is 1.60. The fourth-order valence-corrected chi connectivity index (χ4v) is 2.39. The Morgan fingerprint density at radius 2 is 2.12 bits per heavy atom. The van der Waals surface area contributed by atoms with Crippen LogP contribution in [0.1, 0.15) is 37.2 Å². The average Bonchev–Trinajstić information content (AvgIpc) is 2.78. The first-order valence-electron chi connectivity index (χ1n) is 6.19. The maximum Gasteiger partial charge on any atom is 0.106 e. The van der Waals surface area contributed by atoms with E-state index in [1.807, 2.05) is 6.20 Å². The first-order chi connectivity index (χ1) is 7.88. The summed E-state index contributed by atoms with van der Waals surface area (Å²) in [5, 5.41) is 0. The number of imidazole rings is 1. The maximum absolute atomic E-state index is 5.72. The fourth-order valence-electron chi connectivity index (χ4n) is 2.25. The molecule has 1 aliphatic rings. The Morgan fingerprint density at radius 1 is 1.31 bits per heavy atom. The smallest absolute Gasteiger partial charge is 0.106 e. The Bertz CT molecular complexity index is 305. The minimum Gasteiger partial charge on any atom is -0.345 e. The molecule has 0 spiro atoms. The normalized spacial score (nSPS) is 17.8. The standard InChI is InChI=1S/C12H20ClN3/c13-9-11-10-14-12(15-11)5-4-8-16-6-2-1-3-7-16/h10H,1-9H2,(H,14,15). The van der Waals surface area contributed by atoms with Crippen molar-refractivity contribution in [1.82, 2.24) is 14.9 Å². The molecular formula is C12H20ClN3. The van der Waals surface area contributed by atoms with Gasteiger partial charge in [0.2, 0.25) is 0 Å². The van der Waals surface area contributed by atoms with Gasteiger partial charge in [-0.1, -0.05) is 6.42 Å². The molecule has 0 aromatic carbocycles. The van der Waals surface area contributed by atoms with Gasteiger partial charge in [0.1, 0.15) is 5.82 Å². The van der Waals surface area contributed by atoms with Crippen molar-refractivity contribution in [3.05, 3.63) is 17.7 Å². The molecule has 1 saturated heterocycles. The summed E-state index contributed by atoms with van der Waals surface area (Å²) in [6, 6.07) is 0. The summed E-state index contributed by atoms with van der Waals surface area (Å²) in [6.07, 6.45) is 8.22. The lowest BCUT2D eigenvalue weighted by Gasteiger charge is -2.26. The number of halogens is 1. The molecule has 16 heavy (non-hydrogen) atoms. The molecule has 0 saturated carbocycles. The lowest BCUT2D eigenvalue weighted by atomic mass is 10.1. The van der Waals surface area contributed by atoms with E-state index in [-0.39, 0.29) is 0 Å². The molecule has 2 rings (SSSR count). The molecule has 90 valence electrons. The first kappa shape index (κ1) is 11.9. The summed E-state index contributed by atoms with van der Waals surface area (Å²) >= 11 is 5.72. The Balaban J connectivity index is 1.66. The molecule has 1 fully saturated rings. The molecule has 0 amide bonds. The molecule has 0 atom stereocenters. The van der Waals surface area contributed by atoms with Crippen LogP contribution in [0.4, 0.5) is 0 Å². The van der Waals surface area contributed by atoms with Crippen LogP contribution < -0.4 is 0 Å². The van der Waals surface area contributed by atoms with Crippen LogP contribution in [0.25, 0.3) is 0 Å². The minimum atomic E-state index is 0.527. The molecular weight excluding hydrogens is 222 g/mol. The van der Waals surface area contributed by atoms with E-state index < -0.39 is 0 Å². The van der Waals surface area contributed by atoms with Crippen LogP contribution in [0.2, 0.25) is 0 Å². The molecule has 4 heteroatoms. The highest BCUT2D eigenvalue weighted by Crippen LogP contribution is 2.10. The fraction of sp³-hybridized carbons (Fsp3) is 0.750. The highest BCUT2D eigenvalue weighted by molar-refractivity contribution is 6.16. The highest BCUT2D eigenvalue weighted by atomic mass is 35.5. The van der Waals surface area contributed by atoms with E-state index in [0.29, 0.717) is 5.88 Å². The molecule has 3 nitrogen and oxygen atoms in total. The van der Waals surface area contributed by atoms with Crippen LogP contribution in [0.5, 0.6) is 0 Å². The molecule has 0 radical (unpaired) electrons. The maximum atomic E-state index is 5.72. The van der Waals surface area contributed by atoms with Gasteiger partial charge < -0.3 is 9.88 Å². The number of alkyl halides is 1. The van der Waals surface area contributed by atoms with Crippen LogP contribution >= 0.6 is 11.6 Å². The van der Waals surface area contributed by atoms with Crippen LogP contribution in [0.15, 0.2) is 6.20 Å². The third kappa shape index (κ3) is 3.49. The van der Waals surface area contributed by atoms with Gasteiger partial charge in [-0.15, -0.1) is 11.6 Å². The van der Waals surface area contributed by atoms with Crippen molar-refractivity contribution in [1.29, 1.82) is 0 Å². The number of rotatable bonds is 5. The van der Waals surface area contributed by atoms with Crippen LogP contribution in [-0.2, 0) is 12.3 Å². The minimum absolute atomic E-state index is 0.527. The Labute approximate surface area is 102 Å². The number of aromatic nitrogens is 2. The Morgan fingerprint density at radius 3 is 2.81 bits per heavy atom. The molecule has 1 aromatic rings. The van der Waals surface area contributed by atoms with Gasteiger partial charge in [-0.2, -0.15) is 0 Å². The zero-order valence-electron chi connectivity index (χ0n) is 9.71. The zero-order chi connectivity index (χ0) is 11.2. The van der Waals surface area contributed by atoms with Crippen molar-refractivity contribution in [3.63, 3.8) is 0 Å². The van der Waals surface area contributed by atoms with E-state index in [2.05, 4.69) is 14.9 Å². The number of aryl methyl sites for hydroxylation is 1. The third-order valence-corrected chi connectivity index (χ3v) is 3.45. The van der Waals surface area contributed by atoms with Crippen LogP contribution in [-0.4, -0.2) is 34.5 Å². The van der Waals surface area contributed by atoms with Gasteiger partial charge >= 0.3 is 0 Å². The number of nitrogens with zero attached hydrogens (tertiary/aromatic N) is 2.